The average molecular weight is 267 g/mol. The number of hydrogen-bond donors (Lipinski definition) is 2. The van der Waals surface area contributed by atoms with E-state index in [0.29, 0.717) is 24.1 Å². The molecule has 1 atom stereocenters. The topological polar surface area (TPSA) is 50.7 Å². The van der Waals surface area contributed by atoms with E-state index in [4.69, 9.17) is 9.47 Å². The molecule has 1 rings (SSSR count). The zero-order valence-corrected chi connectivity index (χ0v) is 12.1. The van der Waals surface area contributed by atoms with Crippen molar-refractivity contribution in [1.82, 2.24) is 5.32 Å². The third-order valence-corrected chi connectivity index (χ3v) is 3.13. The molecule has 0 radical (unpaired) electrons. The van der Waals surface area contributed by atoms with Crippen LogP contribution in [0.2, 0.25) is 0 Å². The highest BCUT2D eigenvalue weighted by Gasteiger charge is 2.10. The van der Waals surface area contributed by atoms with E-state index in [0.717, 1.165) is 12.8 Å². The van der Waals surface area contributed by atoms with Crippen LogP contribution in [0.1, 0.15) is 26.7 Å². The Morgan fingerprint density at radius 2 is 1.79 bits per heavy atom. The molecule has 0 saturated heterocycles. The third-order valence-electron chi connectivity index (χ3n) is 3.13. The van der Waals surface area contributed by atoms with Crippen LogP contribution < -0.4 is 14.8 Å². The molecule has 1 aromatic carbocycles. The summed E-state index contributed by atoms with van der Waals surface area (Å²) in [5.74, 6) is 1.34. The molecule has 1 unspecified atom stereocenters. The quantitative estimate of drug-likeness (QED) is 0.720. The van der Waals surface area contributed by atoms with Crippen molar-refractivity contribution in [2.24, 2.45) is 0 Å². The zero-order valence-electron chi connectivity index (χ0n) is 12.1. The highest BCUT2D eigenvalue weighted by atomic mass is 16.5. The second-order valence-corrected chi connectivity index (χ2v) is 4.54. The van der Waals surface area contributed by atoms with Crippen molar-refractivity contribution in [3.05, 3.63) is 24.3 Å². The number of nitrogens with one attached hydrogen (secondary N) is 1. The number of para-hydroxylation sites is 2. The minimum atomic E-state index is -0.523. The van der Waals surface area contributed by atoms with E-state index >= 15 is 0 Å². The van der Waals surface area contributed by atoms with Crippen LogP contribution >= 0.6 is 0 Å². The normalized spacial score (nSPS) is 12.5. The summed E-state index contributed by atoms with van der Waals surface area (Å²) < 4.78 is 10.8. The van der Waals surface area contributed by atoms with Gasteiger partial charge in [0.1, 0.15) is 12.7 Å². The smallest absolute Gasteiger partial charge is 0.161 e. The van der Waals surface area contributed by atoms with E-state index in [2.05, 4.69) is 19.2 Å². The van der Waals surface area contributed by atoms with E-state index in [-0.39, 0.29) is 6.61 Å². The summed E-state index contributed by atoms with van der Waals surface area (Å²) in [5, 5.41) is 13.2. The molecule has 4 heteroatoms. The Morgan fingerprint density at radius 1 is 1.16 bits per heavy atom. The van der Waals surface area contributed by atoms with E-state index < -0.39 is 6.10 Å². The number of benzene rings is 1. The summed E-state index contributed by atoms with van der Waals surface area (Å²) in [6.45, 7) is 5.08. The van der Waals surface area contributed by atoms with Gasteiger partial charge in [-0.25, -0.2) is 0 Å². The summed E-state index contributed by atoms with van der Waals surface area (Å²) in [6.07, 6.45) is 1.61. The molecule has 0 aliphatic carbocycles. The standard InChI is InChI=1S/C15H25NO3/c1-4-12(5-2)16-10-13(17)11-19-15-9-7-6-8-14(15)18-3/h6-9,12-13,16-17H,4-5,10-11H2,1-3H3. The molecule has 0 fully saturated rings. The lowest BCUT2D eigenvalue weighted by atomic mass is 10.1. The van der Waals surface area contributed by atoms with Gasteiger partial charge in [-0.2, -0.15) is 0 Å². The SMILES string of the molecule is CCC(CC)NCC(O)COc1ccccc1OC. The molecule has 19 heavy (non-hydrogen) atoms. The Morgan fingerprint density at radius 3 is 2.37 bits per heavy atom. The molecule has 0 spiro atoms. The fourth-order valence-corrected chi connectivity index (χ4v) is 1.86. The van der Waals surface area contributed by atoms with Crippen LogP contribution in [0.5, 0.6) is 11.5 Å². The maximum absolute atomic E-state index is 9.89. The number of aliphatic hydroxyl groups excluding tert-OH is 1. The molecule has 0 heterocycles. The van der Waals surface area contributed by atoms with Crippen molar-refractivity contribution in [3.8, 4) is 11.5 Å². The monoisotopic (exact) mass is 267 g/mol. The van der Waals surface area contributed by atoms with Crippen molar-refractivity contribution in [1.29, 1.82) is 0 Å². The van der Waals surface area contributed by atoms with E-state index in [9.17, 15) is 5.11 Å². The molecule has 2 N–H and O–H groups in total. The van der Waals surface area contributed by atoms with Crippen molar-refractivity contribution < 1.29 is 14.6 Å². The van der Waals surface area contributed by atoms with Gasteiger partial charge in [0, 0.05) is 12.6 Å². The van der Waals surface area contributed by atoms with Crippen molar-refractivity contribution in [3.63, 3.8) is 0 Å². The van der Waals surface area contributed by atoms with Gasteiger partial charge >= 0.3 is 0 Å². The van der Waals surface area contributed by atoms with Gasteiger partial charge in [0.2, 0.25) is 0 Å². The highest BCUT2D eigenvalue weighted by molar-refractivity contribution is 5.39. The van der Waals surface area contributed by atoms with Gasteiger partial charge in [-0.05, 0) is 25.0 Å². The average Bonchev–Trinajstić information content (AvgIpc) is 2.46. The van der Waals surface area contributed by atoms with E-state index in [1.807, 2.05) is 24.3 Å². The van der Waals surface area contributed by atoms with Crippen LogP contribution in [0.4, 0.5) is 0 Å². The predicted octanol–water partition coefficient (Wildman–Crippen LogP) is 2.21. The summed E-state index contributed by atoms with van der Waals surface area (Å²) in [5.41, 5.74) is 0. The molecule has 0 bridgehead atoms. The Balaban J connectivity index is 2.35. The first-order valence-electron chi connectivity index (χ1n) is 6.88. The highest BCUT2D eigenvalue weighted by Crippen LogP contribution is 2.25. The molecule has 0 aliphatic heterocycles. The van der Waals surface area contributed by atoms with Crippen LogP contribution in [0.15, 0.2) is 24.3 Å². The van der Waals surface area contributed by atoms with Gasteiger partial charge in [0.25, 0.3) is 0 Å². The van der Waals surface area contributed by atoms with Gasteiger partial charge in [-0.3, -0.25) is 0 Å². The molecule has 0 amide bonds. The van der Waals surface area contributed by atoms with Crippen LogP contribution in [0, 0.1) is 0 Å². The first kappa shape index (κ1) is 15.8. The van der Waals surface area contributed by atoms with E-state index in [1.165, 1.54) is 0 Å². The number of methoxy groups -OCH3 is 1. The Bertz CT molecular complexity index is 353. The van der Waals surface area contributed by atoms with E-state index in [1.54, 1.807) is 7.11 Å². The zero-order chi connectivity index (χ0) is 14.1. The fraction of sp³-hybridized carbons (Fsp3) is 0.600. The van der Waals surface area contributed by atoms with Gasteiger partial charge in [-0.1, -0.05) is 26.0 Å². The molecule has 108 valence electrons. The summed E-state index contributed by atoms with van der Waals surface area (Å²) in [6, 6.07) is 7.90. The van der Waals surface area contributed by atoms with Crippen LogP contribution in [0.3, 0.4) is 0 Å². The van der Waals surface area contributed by atoms with Gasteiger partial charge in [0.15, 0.2) is 11.5 Å². The number of rotatable bonds is 9. The largest absolute Gasteiger partial charge is 0.493 e. The number of hydrogen-bond acceptors (Lipinski definition) is 4. The lowest BCUT2D eigenvalue weighted by Crippen LogP contribution is -2.37. The summed E-state index contributed by atoms with van der Waals surface area (Å²) >= 11 is 0. The first-order chi connectivity index (χ1) is 9.21. The van der Waals surface area contributed by atoms with Crippen molar-refractivity contribution in [2.45, 2.75) is 38.8 Å². The van der Waals surface area contributed by atoms with Gasteiger partial charge in [0.05, 0.1) is 7.11 Å². The summed E-state index contributed by atoms with van der Waals surface area (Å²) in [4.78, 5) is 0. The first-order valence-corrected chi connectivity index (χ1v) is 6.88. The predicted molar refractivity (Wildman–Crippen MR) is 76.9 cm³/mol. The number of aliphatic hydroxyl groups is 1. The Labute approximate surface area is 115 Å². The number of ether oxygens (including phenoxy) is 2. The van der Waals surface area contributed by atoms with Crippen LogP contribution in [-0.2, 0) is 0 Å². The molecular formula is C15H25NO3. The van der Waals surface area contributed by atoms with Crippen LogP contribution in [0.25, 0.3) is 0 Å². The van der Waals surface area contributed by atoms with Crippen molar-refractivity contribution in [2.75, 3.05) is 20.3 Å². The lowest BCUT2D eigenvalue weighted by Gasteiger charge is -2.18. The summed E-state index contributed by atoms with van der Waals surface area (Å²) in [7, 11) is 1.60. The third kappa shape index (κ3) is 5.49. The van der Waals surface area contributed by atoms with Gasteiger partial charge in [-0.15, -0.1) is 0 Å². The molecule has 0 saturated carbocycles. The minimum absolute atomic E-state index is 0.257. The molecule has 1 aromatic rings. The minimum Gasteiger partial charge on any atom is -0.493 e. The van der Waals surface area contributed by atoms with Crippen molar-refractivity contribution >= 4 is 0 Å². The Hall–Kier alpha value is -1.26. The second kappa shape index (κ2) is 8.77. The van der Waals surface area contributed by atoms with Crippen LogP contribution in [-0.4, -0.2) is 37.5 Å². The lowest BCUT2D eigenvalue weighted by molar-refractivity contribution is 0.101. The fourth-order valence-electron chi connectivity index (χ4n) is 1.86. The molecule has 4 nitrogen and oxygen atoms in total. The maximum Gasteiger partial charge on any atom is 0.161 e. The maximum atomic E-state index is 9.89. The van der Waals surface area contributed by atoms with Gasteiger partial charge < -0.3 is 19.9 Å². The molecule has 0 aliphatic rings. The molecule has 0 aromatic heterocycles. The second-order valence-electron chi connectivity index (χ2n) is 4.54. The Kier molecular flexibility index (Phi) is 7.30. The molecular weight excluding hydrogens is 242 g/mol.